The van der Waals surface area contributed by atoms with Gasteiger partial charge >= 0.3 is 6.03 Å². The Morgan fingerprint density at radius 2 is 1.66 bits per heavy atom. The van der Waals surface area contributed by atoms with E-state index >= 15 is 0 Å². The van der Waals surface area contributed by atoms with Crippen molar-refractivity contribution in [1.29, 1.82) is 0 Å². The zero-order valence-electron chi connectivity index (χ0n) is 22.2. The number of nitrogens with zero attached hydrogens (tertiary/aromatic N) is 4. The fourth-order valence-electron chi connectivity index (χ4n) is 4.41. The molecule has 1 aromatic heterocycles. The van der Waals surface area contributed by atoms with E-state index in [-0.39, 0.29) is 11.9 Å². The van der Waals surface area contributed by atoms with E-state index in [2.05, 4.69) is 15.5 Å². The van der Waals surface area contributed by atoms with Gasteiger partial charge < -0.3 is 30.7 Å². The summed E-state index contributed by atoms with van der Waals surface area (Å²) in [6, 6.07) is 12.2. The highest BCUT2D eigenvalue weighted by Gasteiger charge is 2.24. The molecule has 4 N–H and O–H groups in total. The molecule has 1 saturated heterocycles. The lowest BCUT2D eigenvalue weighted by Gasteiger charge is -2.34. The summed E-state index contributed by atoms with van der Waals surface area (Å²) in [7, 11) is 3.14. The molecular formula is C27H35N7O4. The second-order valence-electron chi connectivity index (χ2n) is 9.57. The first kappa shape index (κ1) is 26.9. The zero-order chi connectivity index (χ0) is 27.2. The van der Waals surface area contributed by atoms with Crippen LogP contribution in [0, 0.1) is 5.92 Å². The summed E-state index contributed by atoms with van der Waals surface area (Å²) in [4.78, 5) is 38.4. The molecule has 2 heterocycles. The molecule has 0 aliphatic carbocycles. The second kappa shape index (κ2) is 12.0. The van der Waals surface area contributed by atoms with Crippen LogP contribution in [0.1, 0.15) is 19.7 Å². The van der Waals surface area contributed by atoms with E-state index in [1.54, 1.807) is 37.3 Å². The lowest BCUT2D eigenvalue weighted by atomic mass is 10.0. The van der Waals surface area contributed by atoms with Gasteiger partial charge in [0.2, 0.25) is 5.91 Å². The number of benzene rings is 2. The van der Waals surface area contributed by atoms with Gasteiger partial charge in [0.1, 0.15) is 29.2 Å². The third-order valence-electron chi connectivity index (χ3n) is 6.54. The smallest absolute Gasteiger partial charge is 0.321 e. The number of primary amides is 1. The number of fused-ring (bicyclic) bond motifs is 1. The van der Waals surface area contributed by atoms with Crippen molar-refractivity contribution < 1.29 is 19.1 Å². The Morgan fingerprint density at radius 1 is 1.00 bits per heavy atom. The van der Waals surface area contributed by atoms with Crippen molar-refractivity contribution in [3.63, 3.8) is 0 Å². The number of urea groups is 1. The number of ether oxygens (including phenoxy) is 2. The van der Waals surface area contributed by atoms with E-state index < -0.39 is 11.9 Å². The fourth-order valence-corrected chi connectivity index (χ4v) is 4.41. The molecule has 3 aromatic rings. The number of methoxy groups -OCH3 is 2. The van der Waals surface area contributed by atoms with Crippen LogP contribution in [0.5, 0.6) is 11.5 Å². The summed E-state index contributed by atoms with van der Waals surface area (Å²) in [5.41, 5.74) is 7.03. The number of nitrogens with one attached hydrogen (secondary N) is 2. The number of carbonyl (C=O) groups excluding carboxylic acids is 2. The van der Waals surface area contributed by atoms with Crippen LogP contribution < -0.4 is 25.8 Å². The molecule has 0 radical (unpaired) electrons. The van der Waals surface area contributed by atoms with Gasteiger partial charge in [-0.25, -0.2) is 14.8 Å². The van der Waals surface area contributed by atoms with E-state index in [0.717, 1.165) is 10.9 Å². The van der Waals surface area contributed by atoms with E-state index in [0.29, 0.717) is 61.6 Å². The lowest BCUT2D eigenvalue weighted by Crippen LogP contribution is -2.49. The minimum absolute atomic E-state index is 0.00182. The van der Waals surface area contributed by atoms with Crippen LogP contribution in [0.4, 0.5) is 16.3 Å². The predicted octanol–water partition coefficient (Wildman–Crippen LogP) is 2.92. The van der Waals surface area contributed by atoms with Crippen molar-refractivity contribution in [3.8, 4) is 11.5 Å². The summed E-state index contributed by atoms with van der Waals surface area (Å²) >= 11 is 0. The highest BCUT2D eigenvalue weighted by atomic mass is 16.5. The van der Waals surface area contributed by atoms with Crippen LogP contribution in [0.15, 0.2) is 42.5 Å². The Bertz CT molecular complexity index is 1270. The highest BCUT2D eigenvalue weighted by molar-refractivity contribution is 5.92. The van der Waals surface area contributed by atoms with Crippen molar-refractivity contribution in [1.82, 2.24) is 19.8 Å². The molecule has 11 nitrogen and oxygen atoms in total. The van der Waals surface area contributed by atoms with Gasteiger partial charge in [-0.15, -0.1) is 0 Å². The van der Waals surface area contributed by atoms with Gasteiger partial charge in [0, 0.05) is 55.5 Å². The molecule has 0 bridgehead atoms. The molecule has 0 saturated carbocycles. The Hall–Kier alpha value is -4.12. The van der Waals surface area contributed by atoms with Crippen LogP contribution >= 0.6 is 0 Å². The maximum Gasteiger partial charge on any atom is 0.321 e. The number of para-hydroxylation sites is 1. The average molecular weight is 522 g/mol. The first-order valence-electron chi connectivity index (χ1n) is 12.6. The third kappa shape index (κ3) is 6.41. The summed E-state index contributed by atoms with van der Waals surface area (Å²) in [5.74, 6) is 2.01. The molecule has 1 aliphatic rings. The molecule has 1 fully saturated rings. The van der Waals surface area contributed by atoms with E-state index in [1.165, 1.54) is 0 Å². The van der Waals surface area contributed by atoms with Crippen molar-refractivity contribution in [2.75, 3.05) is 51.0 Å². The fraction of sp³-hybridized carbons (Fsp3) is 0.407. The SMILES string of the molecule is COc1cc(NC(=O)N2CCN(Cc3nc(N[C@H](C(N)=O)C(C)C)c4ccccc4n3)CC2)cc(OC)c1. The van der Waals surface area contributed by atoms with Gasteiger partial charge in [0.25, 0.3) is 0 Å². The number of aromatic nitrogens is 2. The molecule has 202 valence electrons. The Labute approximate surface area is 222 Å². The predicted molar refractivity (Wildman–Crippen MR) is 146 cm³/mol. The van der Waals surface area contributed by atoms with Gasteiger partial charge in [-0.3, -0.25) is 9.69 Å². The monoisotopic (exact) mass is 521 g/mol. The molecule has 4 rings (SSSR count). The molecule has 3 amide bonds. The number of piperazine rings is 1. The average Bonchev–Trinajstić information content (AvgIpc) is 2.91. The molecular weight excluding hydrogens is 486 g/mol. The lowest BCUT2D eigenvalue weighted by molar-refractivity contribution is -0.119. The number of carbonyl (C=O) groups is 2. The first-order valence-corrected chi connectivity index (χ1v) is 12.6. The van der Waals surface area contributed by atoms with Gasteiger partial charge in [0.15, 0.2) is 0 Å². The Morgan fingerprint density at radius 3 is 2.26 bits per heavy atom. The van der Waals surface area contributed by atoms with Crippen molar-refractivity contribution >= 4 is 34.3 Å². The number of anilines is 2. The Kier molecular flexibility index (Phi) is 8.47. The van der Waals surface area contributed by atoms with Gasteiger partial charge in [0.05, 0.1) is 26.3 Å². The van der Waals surface area contributed by atoms with E-state index in [4.69, 9.17) is 25.2 Å². The van der Waals surface area contributed by atoms with Gasteiger partial charge in [-0.05, 0) is 18.1 Å². The first-order chi connectivity index (χ1) is 18.3. The normalized spacial score (nSPS) is 14.8. The molecule has 1 aliphatic heterocycles. The summed E-state index contributed by atoms with van der Waals surface area (Å²) in [6.45, 7) is 6.85. The number of amides is 3. The second-order valence-corrected chi connectivity index (χ2v) is 9.57. The number of rotatable bonds is 9. The Balaban J connectivity index is 1.41. The number of hydrogen-bond donors (Lipinski definition) is 3. The molecule has 2 aromatic carbocycles. The standard InChI is InChI=1S/C27H35N7O4/c1-17(2)24(25(28)35)32-26-21-7-5-6-8-22(21)30-23(31-26)16-33-9-11-34(12-10-33)27(36)29-18-13-19(37-3)15-20(14-18)38-4/h5-8,13-15,17,24H,9-12,16H2,1-4H3,(H2,28,35)(H,29,36)(H,30,31,32)/t24-/m0/s1. The molecule has 38 heavy (non-hydrogen) atoms. The minimum atomic E-state index is -0.548. The summed E-state index contributed by atoms with van der Waals surface area (Å²) < 4.78 is 10.6. The number of hydrogen-bond acceptors (Lipinski definition) is 8. The highest BCUT2D eigenvalue weighted by Crippen LogP contribution is 2.26. The van der Waals surface area contributed by atoms with Crippen LogP contribution in [0.3, 0.4) is 0 Å². The minimum Gasteiger partial charge on any atom is -0.497 e. The maximum atomic E-state index is 12.9. The quantitative estimate of drug-likeness (QED) is 0.391. The van der Waals surface area contributed by atoms with Crippen molar-refractivity contribution in [3.05, 3.63) is 48.3 Å². The maximum absolute atomic E-state index is 12.9. The van der Waals surface area contributed by atoms with Gasteiger partial charge in [-0.2, -0.15) is 0 Å². The molecule has 0 unspecified atom stereocenters. The summed E-state index contributed by atoms with van der Waals surface area (Å²) in [6.07, 6.45) is 0. The van der Waals surface area contributed by atoms with Crippen molar-refractivity contribution in [2.24, 2.45) is 11.7 Å². The summed E-state index contributed by atoms with van der Waals surface area (Å²) in [5, 5.41) is 7.00. The third-order valence-corrected chi connectivity index (χ3v) is 6.54. The van der Waals surface area contributed by atoms with Crippen LogP contribution in [0.25, 0.3) is 10.9 Å². The van der Waals surface area contributed by atoms with E-state index in [1.807, 2.05) is 38.1 Å². The van der Waals surface area contributed by atoms with Crippen LogP contribution in [-0.4, -0.2) is 78.1 Å². The molecule has 1 atom stereocenters. The number of nitrogens with two attached hydrogens (primary N) is 1. The van der Waals surface area contributed by atoms with Gasteiger partial charge in [-0.1, -0.05) is 26.0 Å². The van der Waals surface area contributed by atoms with Crippen LogP contribution in [-0.2, 0) is 11.3 Å². The van der Waals surface area contributed by atoms with E-state index in [9.17, 15) is 9.59 Å². The molecule has 11 heteroatoms. The largest absolute Gasteiger partial charge is 0.497 e. The van der Waals surface area contributed by atoms with Crippen molar-refractivity contribution in [2.45, 2.75) is 26.4 Å². The van der Waals surface area contributed by atoms with Crippen LogP contribution in [0.2, 0.25) is 0 Å². The molecule has 0 spiro atoms. The topological polar surface area (TPSA) is 135 Å². The zero-order valence-corrected chi connectivity index (χ0v) is 22.2.